The van der Waals surface area contributed by atoms with E-state index in [1.807, 2.05) is 6.07 Å². The van der Waals surface area contributed by atoms with Crippen LogP contribution in [0.3, 0.4) is 0 Å². The lowest BCUT2D eigenvalue weighted by atomic mass is 10.1. The molecule has 0 aromatic heterocycles. The summed E-state index contributed by atoms with van der Waals surface area (Å²) in [5, 5.41) is 8.78. The van der Waals surface area contributed by atoms with Crippen LogP contribution < -0.4 is 0 Å². The molecule has 0 N–H and O–H groups in total. The van der Waals surface area contributed by atoms with E-state index in [0.717, 1.165) is 0 Å². The van der Waals surface area contributed by atoms with Crippen LogP contribution in [0.15, 0.2) is 16.6 Å². The summed E-state index contributed by atoms with van der Waals surface area (Å²) in [4.78, 5) is 21.9. The molecule has 0 saturated heterocycles. The fourth-order valence-electron chi connectivity index (χ4n) is 1.05. The smallest absolute Gasteiger partial charge is 0.339 e. The molecule has 1 aromatic carbocycles. The van der Waals surface area contributed by atoms with Gasteiger partial charge >= 0.3 is 5.97 Å². The van der Waals surface area contributed by atoms with Gasteiger partial charge in [-0.3, -0.25) is 4.79 Å². The molecule has 0 bridgehead atoms. The molecule has 0 atom stereocenters. The van der Waals surface area contributed by atoms with Crippen molar-refractivity contribution in [3.05, 3.63) is 33.3 Å². The van der Waals surface area contributed by atoms with Crippen molar-refractivity contribution >= 4 is 28.2 Å². The molecule has 1 rings (SSSR count). The van der Waals surface area contributed by atoms with Crippen molar-refractivity contribution in [1.82, 2.24) is 0 Å². The van der Waals surface area contributed by atoms with Crippen LogP contribution in [0.25, 0.3) is 0 Å². The van der Waals surface area contributed by atoms with Gasteiger partial charge in [-0.25, -0.2) is 4.79 Å². The van der Waals surface area contributed by atoms with Crippen LogP contribution in [0.4, 0.5) is 0 Å². The lowest BCUT2D eigenvalue weighted by Gasteiger charge is -2.04. The van der Waals surface area contributed by atoms with Crippen LogP contribution in [-0.4, -0.2) is 19.4 Å². The van der Waals surface area contributed by atoms with Crippen molar-refractivity contribution in [3.8, 4) is 6.07 Å². The molecule has 0 aliphatic rings. The van der Waals surface area contributed by atoms with E-state index in [0.29, 0.717) is 16.3 Å². The Bertz CT molecular complexity index is 462. The minimum atomic E-state index is -0.607. The van der Waals surface area contributed by atoms with Gasteiger partial charge in [-0.2, -0.15) is 5.26 Å². The summed E-state index contributed by atoms with van der Waals surface area (Å²) >= 11 is 3.12. The van der Waals surface area contributed by atoms with Crippen molar-refractivity contribution in [1.29, 1.82) is 5.26 Å². The van der Waals surface area contributed by atoms with Gasteiger partial charge in [0.25, 0.3) is 0 Å². The average Bonchev–Trinajstić information content (AvgIpc) is 2.27. The number of ether oxygens (including phenoxy) is 1. The Hall–Kier alpha value is -1.67. The zero-order valence-corrected chi connectivity index (χ0v) is 9.37. The van der Waals surface area contributed by atoms with Crippen LogP contribution in [0.5, 0.6) is 0 Å². The molecule has 0 fully saturated rings. The monoisotopic (exact) mass is 267 g/mol. The zero-order valence-electron chi connectivity index (χ0n) is 7.78. The Morgan fingerprint density at radius 1 is 1.60 bits per heavy atom. The summed E-state index contributed by atoms with van der Waals surface area (Å²) < 4.78 is 4.96. The first-order valence-corrected chi connectivity index (χ1v) is 4.70. The number of esters is 1. The van der Waals surface area contributed by atoms with Gasteiger partial charge in [0.1, 0.15) is 6.07 Å². The van der Waals surface area contributed by atoms with Crippen molar-refractivity contribution < 1.29 is 14.3 Å². The first kappa shape index (κ1) is 11.4. The Balaban J connectivity index is 3.41. The van der Waals surface area contributed by atoms with E-state index in [1.54, 1.807) is 0 Å². The van der Waals surface area contributed by atoms with E-state index in [9.17, 15) is 9.59 Å². The van der Waals surface area contributed by atoms with Gasteiger partial charge in [0.05, 0.1) is 18.2 Å². The largest absolute Gasteiger partial charge is 0.465 e. The molecule has 0 spiro atoms. The zero-order chi connectivity index (χ0) is 11.4. The maximum atomic E-state index is 11.3. The van der Waals surface area contributed by atoms with Crippen molar-refractivity contribution in [2.24, 2.45) is 0 Å². The number of hydrogen-bond acceptors (Lipinski definition) is 4. The SMILES string of the molecule is COC(=O)c1cc(Br)c(C=O)cc1C#N. The van der Waals surface area contributed by atoms with Crippen molar-refractivity contribution in [2.75, 3.05) is 7.11 Å². The molecule has 0 saturated carbocycles. The van der Waals surface area contributed by atoms with Gasteiger partial charge in [0.2, 0.25) is 0 Å². The molecule has 1 aromatic rings. The number of nitriles is 1. The number of aldehydes is 1. The summed E-state index contributed by atoms with van der Waals surface area (Å²) in [5.41, 5.74) is 0.573. The minimum absolute atomic E-state index is 0.118. The Labute approximate surface area is 94.6 Å². The molecule has 0 aliphatic heterocycles. The molecular formula is C10H6BrNO3. The summed E-state index contributed by atoms with van der Waals surface area (Å²) in [6, 6.07) is 4.57. The van der Waals surface area contributed by atoms with Gasteiger partial charge in [-0.15, -0.1) is 0 Å². The van der Waals surface area contributed by atoms with Gasteiger partial charge in [0, 0.05) is 10.0 Å². The highest BCUT2D eigenvalue weighted by molar-refractivity contribution is 9.10. The molecule has 15 heavy (non-hydrogen) atoms. The molecule has 5 heteroatoms. The molecule has 76 valence electrons. The van der Waals surface area contributed by atoms with Gasteiger partial charge < -0.3 is 4.74 Å². The number of methoxy groups -OCH3 is 1. The minimum Gasteiger partial charge on any atom is -0.465 e. The Morgan fingerprint density at radius 3 is 2.73 bits per heavy atom. The second-order valence-corrected chi connectivity index (χ2v) is 3.49. The second-order valence-electron chi connectivity index (χ2n) is 2.64. The molecule has 0 aliphatic carbocycles. The second kappa shape index (κ2) is 4.71. The third-order valence-corrected chi connectivity index (χ3v) is 2.48. The highest BCUT2D eigenvalue weighted by atomic mass is 79.9. The van der Waals surface area contributed by atoms with E-state index >= 15 is 0 Å². The number of rotatable bonds is 2. The highest BCUT2D eigenvalue weighted by Gasteiger charge is 2.14. The maximum Gasteiger partial charge on any atom is 0.339 e. The number of carbonyl (C=O) groups excluding carboxylic acids is 2. The Morgan fingerprint density at radius 2 is 2.27 bits per heavy atom. The number of benzene rings is 1. The third-order valence-electron chi connectivity index (χ3n) is 1.79. The standard InChI is InChI=1S/C10H6BrNO3/c1-15-10(14)8-3-9(11)7(5-13)2-6(8)4-12/h2-3,5H,1H3. The summed E-state index contributed by atoms with van der Waals surface area (Å²) in [6.45, 7) is 0. The summed E-state index contributed by atoms with van der Waals surface area (Å²) in [6.07, 6.45) is 0.603. The molecule has 0 amide bonds. The van der Waals surface area contributed by atoms with E-state index in [2.05, 4.69) is 20.7 Å². The Kier molecular flexibility index (Phi) is 3.58. The molecular weight excluding hydrogens is 262 g/mol. The predicted octanol–water partition coefficient (Wildman–Crippen LogP) is 1.92. The van der Waals surface area contributed by atoms with Crippen molar-refractivity contribution in [2.45, 2.75) is 0 Å². The fourth-order valence-corrected chi connectivity index (χ4v) is 1.49. The lowest BCUT2D eigenvalue weighted by molar-refractivity contribution is 0.0600. The van der Waals surface area contributed by atoms with Crippen LogP contribution >= 0.6 is 15.9 Å². The summed E-state index contributed by atoms with van der Waals surface area (Å²) in [7, 11) is 1.23. The van der Waals surface area contributed by atoms with E-state index in [1.165, 1.54) is 19.2 Å². The maximum absolute atomic E-state index is 11.3. The molecule has 0 heterocycles. The predicted molar refractivity (Wildman–Crippen MR) is 55.6 cm³/mol. The number of hydrogen-bond donors (Lipinski definition) is 0. The summed E-state index contributed by atoms with van der Waals surface area (Å²) in [5.74, 6) is -0.607. The molecule has 4 nitrogen and oxygen atoms in total. The van der Waals surface area contributed by atoms with Gasteiger partial charge in [-0.1, -0.05) is 15.9 Å². The average molecular weight is 268 g/mol. The highest BCUT2D eigenvalue weighted by Crippen LogP contribution is 2.21. The van der Waals surface area contributed by atoms with E-state index < -0.39 is 5.97 Å². The quantitative estimate of drug-likeness (QED) is 0.607. The molecule has 0 unspecified atom stereocenters. The number of nitrogens with zero attached hydrogens (tertiary/aromatic N) is 1. The lowest BCUT2D eigenvalue weighted by Crippen LogP contribution is -2.05. The topological polar surface area (TPSA) is 67.2 Å². The number of carbonyl (C=O) groups is 2. The van der Waals surface area contributed by atoms with Crippen LogP contribution in [0, 0.1) is 11.3 Å². The van der Waals surface area contributed by atoms with Crippen LogP contribution in [0.2, 0.25) is 0 Å². The fraction of sp³-hybridized carbons (Fsp3) is 0.100. The van der Waals surface area contributed by atoms with Crippen LogP contribution in [-0.2, 0) is 4.74 Å². The van der Waals surface area contributed by atoms with Crippen molar-refractivity contribution in [3.63, 3.8) is 0 Å². The third kappa shape index (κ3) is 2.22. The first-order chi connectivity index (χ1) is 7.13. The normalized spacial score (nSPS) is 9.13. The van der Waals surface area contributed by atoms with Crippen LogP contribution in [0.1, 0.15) is 26.3 Å². The van der Waals surface area contributed by atoms with E-state index in [4.69, 9.17) is 5.26 Å². The van der Waals surface area contributed by atoms with Gasteiger partial charge in [-0.05, 0) is 12.1 Å². The number of halogens is 1. The first-order valence-electron chi connectivity index (χ1n) is 3.91. The molecule has 0 radical (unpaired) electrons. The van der Waals surface area contributed by atoms with Gasteiger partial charge in [0.15, 0.2) is 6.29 Å². The van der Waals surface area contributed by atoms with E-state index in [-0.39, 0.29) is 11.1 Å².